The van der Waals surface area contributed by atoms with Crippen molar-refractivity contribution in [1.82, 2.24) is 15.5 Å². The highest BCUT2D eigenvalue weighted by Gasteiger charge is 2.31. The third-order valence-electron chi connectivity index (χ3n) is 5.84. The molecule has 33 heavy (non-hydrogen) atoms. The monoisotopic (exact) mass is 462 g/mol. The number of carbonyl (C=O) groups excluding carboxylic acids is 2. The number of anilines is 1. The normalized spacial score (nSPS) is 18.2. The molecular weight excluding hydrogens is 437 g/mol. The van der Waals surface area contributed by atoms with Crippen LogP contribution in [0.2, 0.25) is 0 Å². The minimum Gasteiger partial charge on any atom is -0.379 e. The standard InChI is InChI=1S/C23H25F3N4O3/c24-23(25,26)18-6-4-16(5-7-18)20(29-10-12-33-13-11-29)15-28-21(31)17-2-1-3-19(14-17)30-9-8-27-22(30)32/h1-7,14,20H,8-13,15H2,(H,27,32)(H,28,31). The van der Waals surface area contributed by atoms with E-state index < -0.39 is 11.7 Å². The first-order valence-corrected chi connectivity index (χ1v) is 10.8. The number of nitrogens with zero attached hydrogens (tertiary/aromatic N) is 2. The molecule has 1 atom stereocenters. The van der Waals surface area contributed by atoms with Crippen molar-refractivity contribution in [3.8, 4) is 0 Å². The van der Waals surface area contributed by atoms with E-state index in [2.05, 4.69) is 15.5 Å². The Hall–Kier alpha value is -3.11. The largest absolute Gasteiger partial charge is 0.416 e. The molecule has 2 N–H and O–H groups in total. The summed E-state index contributed by atoms with van der Waals surface area (Å²) in [6.45, 7) is 3.55. The van der Waals surface area contributed by atoms with E-state index in [1.807, 2.05) is 0 Å². The summed E-state index contributed by atoms with van der Waals surface area (Å²) < 4.78 is 44.3. The van der Waals surface area contributed by atoms with E-state index in [1.54, 1.807) is 29.2 Å². The molecule has 0 radical (unpaired) electrons. The van der Waals surface area contributed by atoms with Gasteiger partial charge in [0.15, 0.2) is 0 Å². The summed E-state index contributed by atoms with van der Waals surface area (Å²) in [5.41, 5.74) is 1.01. The van der Waals surface area contributed by atoms with Crippen LogP contribution in [0, 0.1) is 0 Å². The molecule has 176 valence electrons. The molecule has 0 aromatic heterocycles. The van der Waals surface area contributed by atoms with E-state index in [1.165, 1.54) is 12.1 Å². The Bertz CT molecular complexity index is 991. The van der Waals surface area contributed by atoms with Crippen molar-refractivity contribution < 1.29 is 27.5 Å². The van der Waals surface area contributed by atoms with Crippen LogP contribution in [0.5, 0.6) is 0 Å². The number of ether oxygens (including phenoxy) is 1. The number of amides is 3. The van der Waals surface area contributed by atoms with E-state index in [4.69, 9.17) is 4.74 Å². The van der Waals surface area contributed by atoms with Gasteiger partial charge in [0, 0.05) is 44.0 Å². The van der Waals surface area contributed by atoms with Gasteiger partial charge >= 0.3 is 12.2 Å². The van der Waals surface area contributed by atoms with Gasteiger partial charge in [0.2, 0.25) is 0 Å². The lowest BCUT2D eigenvalue weighted by Gasteiger charge is -2.35. The van der Waals surface area contributed by atoms with Gasteiger partial charge in [0.1, 0.15) is 0 Å². The molecule has 0 aliphatic carbocycles. The Morgan fingerprint density at radius 2 is 1.82 bits per heavy atom. The third kappa shape index (κ3) is 5.45. The molecule has 2 heterocycles. The maximum atomic E-state index is 13.0. The molecule has 10 heteroatoms. The molecule has 7 nitrogen and oxygen atoms in total. The van der Waals surface area contributed by atoms with E-state index >= 15 is 0 Å². The number of nitrogens with one attached hydrogen (secondary N) is 2. The number of rotatable bonds is 6. The Kier molecular flexibility index (Phi) is 6.85. The van der Waals surface area contributed by atoms with E-state index in [0.717, 1.165) is 12.1 Å². The van der Waals surface area contributed by atoms with Crippen molar-refractivity contribution in [3.05, 3.63) is 65.2 Å². The summed E-state index contributed by atoms with van der Waals surface area (Å²) in [6, 6.07) is 11.3. The third-order valence-corrected chi connectivity index (χ3v) is 5.84. The molecular formula is C23H25F3N4O3. The number of halogens is 3. The maximum absolute atomic E-state index is 13.0. The number of urea groups is 1. The van der Waals surface area contributed by atoms with Gasteiger partial charge in [-0.15, -0.1) is 0 Å². The fraction of sp³-hybridized carbons (Fsp3) is 0.391. The highest BCUT2D eigenvalue weighted by molar-refractivity contribution is 5.98. The Morgan fingerprint density at radius 3 is 2.45 bits per heavy atom. The number of carbonyl (C=O) groups is 2. The van der Waals surface area contributed by atoms with Crippen molar-refractivity contribution in [1.29, 1.82) is 0 Å². The summed E-state index contributed by atoms with van der Waals surface area (Å²) in [6.07, 6.45) is -4.40. The van der Waals surface area contributed by atoms with Crippen LogP contribution in [0.15, 0.2) is 48.5 Å². The quantitative estimate of drug-likeness (QED) is 0.692. The van der Waals surface area contributed by atoms with E-state index in [9.17, 15) is 22.8 Å². The number of benzene rings is 2. The van der Waals surface area contributed by atoms with Gasteiger partial charge < -0.3 is 15.4 Å². The fourth-order valence-electron chi connectivity index (χ4n) is 4.07. The first-order valence-electron chi connectivity index (χ1n) is 10.8. The minimum absolute atomic E-state index is 0.206. The van der Waals surface area contributed by atoms with E-state index in [0.29, 0.717) is 56.2 Å². The highest BCUT2D eigenvalue weighted by Crippen LogP contribution is 2.31. The number of alkyl halides is 3. The van der Waals surface area contributed by atoms with Gasteiger partial charge in [0.05, 0.1) is 24.8 Å². The van der Waals surface area contributed by atoms with Crippen LogP contribution >= 0.6 is 0 Å². The molecule has 2 fully saturated rings. The van der Waals surface area contributed by atoms with Gasteiger partial charge in [-0.25, -0.2) is 4.79 Å². The van der Waals surface area contributed by atoms with Crippen molar-refractivity contribution >= 4 is 17.6 Å². The van der Waals surface area contributed by atoms with Gasteiger partial charge in [0.25, 0.3) is 5.91 Å². The molecule has 1 unspecified atom stereocenters. The van der Waals surface area contributed by atoms with Crippen molar-refractivity contribution in [2.75, 3.05) is 50.8 Å². The molecule has 2 aliphatic rings. The minimum atomic E-state index is -4.40. The first-order chi connectivity index (χ1) is 15.8. The summed E-state index contributed by atoms with van der Waals surface area (Å²) in [7, 11) is 0. The second kappa shape index (κ2) is 9.80. The van der Waals surface area contributed by atoms with Gasteiger partial charge in [-0.3, -0.25) is 14.6 Å². The zero-order valence-corrected chi connectivity index (χ0v) is 17.9. The van der Waals surface area contributed by atoms with Gasteiger partial charge in [-0.05, 0) is 35.9 Å². The molecule has 2 aromatic rings. The molecule has 0 spiro atoms. The Morgan fingerprint density at radius 1 is 1.09 bits per heavy atom. The fourth-order valence-corrected chi connectivity index (χ4v) is 4.07. The molecule has 2 saturated heterocycles. The number of hydrogen-bond acceptors (Lipinski definition) is 4. The van der Waals surface area contributed by atoms with Crippen molar-refractivity contribution in [2.45, 2.75) is 12.2 Å². The zero-order chi connectivity index (χ0) is 23.4. The summed E-state index contributed by atoms with van der Waals surface area (Å²) >= 11 is 0. The van der Waals surface area contributed by atoms with E-state index in [-0.39, 0.29) is 24.5 Å². The second-order valence-electron chi connectivity index (χ2n) is 7.93. The lowest BCUT2D eigenvalue weighted by molar-refractivity contribution is -0.137. The molecule has 0 bridgehead atoms. The van der Waals surface area contributed by atoms with Crippen LogP contribution < -0.4 is 15.5 Å². The van der Waals surface area contributed by atoms with Crippen LogP contribution in [0.25, 0.3) is 0 Å². The summed E-state index contributed by atoms with van der Waals surface area (Å²) in [5, 5.41) is 5.63. The van der Waals surface area contributed by atoms with Gasteiger partial charge in [-0.2, -0.15) is 13.2 Å². The lowest BCUT2D eigenvalue weighted by Crippen LogP contribution is -2.43. The zero-order valence-electron chi connectivity index (χ0n) is 17.9. The Labute approximate surface area is 189 Å². The molecule has 4 rings (SSSR count). The van der Waals surface area contributed by atoms with Crippen molar-refractivity contribution in [2.24, 2.45) is 0 Å². The lowest BCUT2D eigenvalue weighted by atomic mass is 10.0. The average molecular weight is 462 g/mol. The van der Waals surface area contributed by atoms with Crippen LogP contribution in [-0.4, -0.2) is 62.8 Å². The SMILES string of the molecule is O=C(NCC(c1ccc(C(F)(F)F)cc1)N1CCOCC1)c1cccc(N2CCNC2=O)c1. The predicted octanol–water partition coefficient (Wildman–Crippen LogP) is 3.04. The van der Waals surface area contributed by atoms with Crippen LogP contribution in [0.4, 0.5) is 23.7 Å². The summed E-state index contributed by atoms with van der Waals surface area (Å²) in [5.74, 6) is -0.318. The molecule has 2 aliphatic heterocycles. The topological polar surface area (TPSA) is 73.9 Å². The summed E-state index contributed by atoms with van der Waals surface area (Å²) in [4.78, 5) is 28.5. The molecule has 3 amide bonds. The number of hydrogen-bond donors (Lipinski definition) is 2. The van der Waals surface area contributed by atoms with Gasteiger partial charge in [-0.1, -0.05) is 18.2 Å². The number of morpholine rings is 1. The first kappa shape index (κ1) is 23.1. The molecule has 2 aromatic carbocycles. The smallest absolute Gasteiger partial charge is 0.379 e. The second-order valence-corrected chi connectivity index (χ2v) is 7.93. The van der Waals surface area contributed by atoms with Crippen molar-refractivity contribution in [3.63, 3.8) is 0 Å². The van der Waals surface area contributed by atoms with Crippen LogP contribution in [0.3, 0.4) is 0 Å². The molecule has 0 saturated carbocycles. The highest BCUT2D eigenvalue weighted by atomic mass is 19.4. The predicted molar refractivity (Wildman–Crippen MR) is 116 cm³/mol. The average Bonchev–Trinajstić information content (AvgIpc) is 3.25. The Balaban J connectivity index is 1.49. The van der Waals surface area contributed by atoms with Crippen LogP contribution in [0.1, 0.15) is 27.5 Å². The maximum Gasteiger partial charge on any atom is 0.416 e. The van der Waals surface area contributed by atoms with Crippen LogP contribution in [-0.2, 0) is 10.9 Å².